The lowest BCUT2D eigenvalue weighted by Gasteiger charge is -1.99. The number of aromatic nitrogens is 2. The normalized spacial score (nSPS) is 10.6. The van der Waals surface area contributed by atoms with Gasteiger partial charge in [0.15, 0.2) is 10.1 Å². The fraction of sp³-hybridized carbons (Fsp3) is 0. The Morgan fingerprint density at radius 3 is 2.17 bits per heavy atom. The maximum atomic E-state index is 12.0. The number of benzene rings is 1. The van der Waals surface area contributed by atoms with Crippen molar-refractivity contribution in [2.24, 2.45) is 0 Å². The van der Waals surface area contributed by atoms with Crippen LogP contribution in [0.2, 0.25) is 0 Å². The number of nitrogens with zero attached hydrogens (tertiary/aromatic N) is 3. The second-order valence-corrected chi connectivity index (χ2v) is 7.98. The summed E-state index contributed by atoms with van der Waals surface area (Å²) in [5, 5.41) is 9.56. The third kappa shape index (κ3) is 4.78. The molecule has 0 amide bonds. The van der Waals surface area contributed by atoms with Crippen LogP contribution in [0.5, 0.6) is 10.1 Å². The van der Waals surface area contributed by atoms with Gasteiger partial charge in [0.2, 0.25) is 0 Å². The monoisotopic (exact) mass is 431 g/mol. The summed E-state index contributed by atoms with van der Waals surface area (Å²) in [6.07, 6.45) is 8.07. The first kappa shape index (κ1) is 19.5. The van der Waals surface area contributed by atoms with Gasteiger partial charge in [-0.1, -0.05) is 53.0 Å². The predicted octanol–water partition coefficient (Wildman–Crippen LogP) is 5.41. The van der Waals surface area contributed by atoms with E-state index in [0.717, 1.165) is 15.3 Å². The molecule has 0 spiro atoms. The van der Waals surface area contributed by atoms with Crippen LogP contribution in [0.3, 0.4) is 0 Å². The van der Waals surface area contributed by atoms with E-state index in [1.807, 2.05) is 42.5 Å². The van der Waals surface area contributed by atoms with Crippen molar-refractivity contribution < 1.29 is 14.3 Å². The Kier molecular flexibility index (Phi) is 5.94. The Morgan fingerprint density at radius 2 is 1.53 bits per heavy atom. The molecule has 3 aromatic heterocycles. The quantitative estimate of drug-likeness (QED) is 0.230. The van der Waals surface area contributed by atoms with Gasteiger partial charge in [0.05, 0.1) is 33.5 Å². The van der Waals surface area contributed by atoms with Crippen LogP contribution in [0, 0.1) is 11.5 Å². The molecule has 0 unspecified atom stereocenters. The highest BCUT2D eigenvalue weighted by molar-refractivity contribution is 7.17. The first-order chi connectivity index (χ1) is 14.7. The molecule has 4 rings (SSSR count). The number of ether oxygens (including phenoxy) is 2. The average molecular weight is 431 g/mol. The van der Waals surface area contributed by atoms with E-state index in [-0.39, 0.29) is 0 Å². The maximum Gasteiger partial charge on any atom is 0.336 e. The van der Waals surface area contributed by atoms with Gasteiger partial charge in [-0.25, -0.2) is 4.79 Å². The molecule has 0 aliphatic rings. The summed E-state index contributed by atoms with van der Waals surface area (Å²) in [6.45, 7) is 0. The zero-order valence-corrected chi connectivity index (χ0v) is 17.0. The van der Waals surface area contributed by atoms with E-state index in [9.17, 15) is 4.79 Å². The zero-order chi connectivity index (χ0) is 20.8. The molecular weight excluding hydrogens is 418 g/mol. The fourth-order valence-corrected chi connectivity index (χ4v) is 4.11. The summed E-state index contributed by atoms with van der Waals surface area (Å²) in [7, 11) is 0. The van der Waals surface area contributed by atoms with Crippen molar-refractivity contribution in [1.82, 2.24) is 9.97 Å². The van der Waals surface area contributed by atoms with Crippen molar-refractivity contribution in [2.45, 2.75) is 0 Å². The summed E-state index contributed by atoms with van der Waals surface area (Å²) in [5.41, 5.74) is 2.29. The van der Waals surface area contributed by atoms with Gasteiger partial charge in [-0.15, -0.1) is 5.26 Å². The minimum absolute atomic E-state index is 0.443. The second-order valence-electron chi connectivity index (χ2n) is 5.88. The van der Waals surface area contributed by atoms with E-state index in [2.05, 4.69) is 9.97 Å². The second kappa shape index (κ2) is 9.13. The van der Waals surface area contributed by atoms with E-state index in [1.54, 1.807) is 36.9 Å². The molecular formula is C22H13N3O3S2. The van der Waals surface area contributed by atoms with Gasteiger partial charge in [0.1, 0.15) is 0 Å². The van der Waals surface area contributed by atoms with Gasteiger partial charge in [-0.3, -0.25) is 9.97 Å². The van der Waals surface area contributed by atoms with E-state index in [4.69, 9.17) is 14.7 Å². The largest absolute Gasteiger partial charge is 0.412 e. The molecule has 0 radical (unpaired) electrons. The first-order valence-corrected chi connectivity index (χ1v) is 10.4. The van der Waals surface area contributed by atoms with Gasteiger partial charge in [-0.2, -0.15) is 0 Å². The molecule has 3 heterocycles. The third-order valence-corrected chi connectivity index (χ3v) is 5.85. The zero-order valence-electron chi connectivity index (χ0n) is 15.4. The Hall–Kier alpha value is -3.80. The van der Waals surface area contributed by atoms with Crippen LogP contribution in [-0.4, -0.2) is 15.9 Å². The van der Waals surface area contributed by atoms with Gasteiger partial charge in [0.25, 0.3) is 6.26 Å². The van der Waals surface area contributed by atoms with Crippen molar-refractivity contribution in [3.05, 3.63) is 78.6 Å². The van der Waals surface area contributed by atoms with Crippen LogP contribution < -0.4 is 9.47 Å². The molecule has 0 atom stereocenters. The number of carbonyl (C=O) groups is 1. The highest BCUT2D eigenvalue weighted by Crippen LogP contribution is 2.34. The number of rotatable bonds is 6. The number of hydrogen-bond acceptors (Lipinski definition) is 8. The molecule has 0 bridgehead atoms. The summed E-state index contributed by atoms with van der Waals surface area (Å²) < 4.78 is 10.2. The van der Waals surface area contributed by atoms with E-state index in [1.165, 1.54) is 28.7 Å². The first-order valence-electron chi connectivity index (χ1n) is 8.74. The lowest BCUT2D eigenvalue weighted by atomic mass is 10.2. The van der Waals surface area contributed by atoms with Crippen molar-refractivity contribution in [3.8, 4) is 37.5 Å². The lowest BCUT2D eigenvalue weighted by molar-refractivity contribution is -0.128. The SMILES string of the molecule is N#COc1ccc(-c2cnc(-c3ccc(OC(=O)/C=C/c4ccccc4)s3)cn2)s1. The van der Waals surface area contributed by atoms with Gasteiger partial charge in [0, 0.05) is 6.08 Å². The Balaban J connectivity index is 1.41. The van der Waals surface area contributed by atoms with E-state index >= 15 is 0 Å². The summed E-state index contributed by atoms with van der Waals surface area (Å²) >= 11 is 2.63. The van der Waals surface area contributed by atoms with Crippen LogP contribution in [0.25, 0.3) is 27.2 Å². The maximum absolute atomic E-state index is 12.0. The van der Waals surface area contributed by atoms with Gasteiger partial charge < -0.3 is 9.47 Å². The van der Waals surface area contributed by atoms with Crippen LogP contribution in [-0.2, 0) is 4.79 Å². The number of esters is 1. The molecule has 0 aliphatic carbocycles. The van der Waals surface area contributed by atoms with Gasteiger partial charge >= 0.3 is 5.97 Å². The topological polar surface area (TPSA) is 85.1 Å². The highest BCUT2D eigenvalue weighted by Gasteiger charge is 2.10. The molecule has 0 N–H and O–H groups in total. The standard InChI is InChI=1S/C22H13N3O3S2/c23-14-27-21-10-7-18(29-21)16-12-25-17(13-24-16)19-8-11-22(30-19)28-20(26)9-6-15-4-2-1-3-5-15/h1-13H/b9-6+. The predicted molar refractivity (Wildman–Crippen MR) is 116 cm³/mol. The molecule has 0 saturated carbocycles. The fourth-order valence-electron chi connectivity index (χ4n) is 2.51. The Morgan fingerprint density at radius 1 is 0.900 bits per heavy atom. The summed E-state index contributed by atoms with van der Waals surface area (Å²) in [6, 6.07) is 16.6. The summed E-state index contributed by atoms with van der Waals surface area (Å²) in [5.74, 6) is -0.443. The molecule has 6 nitrogen and oxygen atoms in total. The molecule has 30 heavy (non-hydrogen) atoms. The number of nitriles is 1. The Bertz CT molecular complexity index is 1220. The minimum Gasteiger partial charge on any atom is -0.412 e. The molecule has 8 heteroatoms. The smallest absolute Gasteiger partial charge is 0.336 e. The van der Waals surface area contributed by atoms with Crippen molar-refractivity contribution >= 4 is 34.7 Å². The molecule has 1 aromatic carbocycles. The van der Waals surface area contributed by atoms with Crippen LogP contribution >= 0.6 is 22.7 Å². The molecule has 4 aromatic rings. The van der Waals surface area contributed by atoms with Crippen LogP contribution in [0.1, 0.15) is 5.56 Å². The lowest BCUT2D eigenvalue weighted by Crippen LogP contribution is -2.01. The average Bonchev–Trinajstić information content (AvgIpc) is 3.43. The molecule has 0 saturated heterocycles. The minimum atomic E-state index is -0.443. The van der Waals surface area contributed by atoms with Gasteiger partial charge in [-0.05, 0) is 35.9 Å². The van der Waals surface area contributed by atoms with E-state index < -0.39 is 5.97 Å². The Labute approximate surface area is 180 Å². The van der Waals surface area contributed by atoms with E-state index in [0.29, 0.717) is 21.5 Å². The number of hydrogen-bond donors (Lipinski definition) is 0. The third-order valence-electron chi connectivity index (χ3n) is 3.88. The van der Waals surface area contributed by atoms with Crippen LogP contribution in [0.15, 0.2) is 73.1 Å². The van der Waals surface area contributed by atoms with Crippen molar-refractivity contribution in [3.63, 3.8) is 0 Å². The van der Waals surface area contributed by atoms with Crippen LogP contribution in [0.4, 0.5) is 0 Å². The molecule has 146 valence electrons. The summed E-state index contributed by atoms with van der Waals surface area (Å²) in [4.78, 5) is 22.6. The molecule has 0 fully saturated rings. The van der Waals surface area contributed by atoms with Crippen molar-refractivity contribution in [2.75, 3.05) is 0 Å². The highest BCUT2D eigenvalue weighted by atomic mass is 32.1. The number of thiophene rings is 2. The van der Waals surface area contributed by atoms with Crippen molar-refractivity contribution in [1.29, 1.82) is 5.26 Å². The number of carbonyl (C=O) groups excluding carboxylic acids is 1. The molecule has 0 aliphatic heterocycles.